The molecule has 0 N–H and O–H groups in total. The van der Waals surface area contributed by atoms with Crippen molar-refractivity contribution >= 4 is 5.65 Å². The van der Waals surface area contributed by atoms with Crippen LogP contribution in [0.15, 0.2) is 35.4 Å². The zero-order chi connectivity index (χ0) is 7.84. The Morgan fingerprint density at radius 2 is 2.09 bits per heavy atom. The molecule has 2 aromatic rings. The van der Waals surface area contributed by atoms with Gasteiger partial charge in [0.25, 0.3) is 5.56 Å². The molecule has 2 aromatic heterocycles. The van der Waals surface area contributed by atoms with Gasteiger partial charge in [-0.1, -0.05) is 6.07 Å². The minimum absolute atomic E-state index is 0.0168. The third kappa shape index (κ3) is 0.774. The number of rotatable bonds is 0. The first-order valence-electron chi connectivity index (χ1n) is 3.42. The van der Waals surface area contributed by atoms with Gasteiger partial charge in [-0.2, -0.15) is 0 Å². The van der Waals surface area contributed by atoms with Crippen molar-refractivity contribution in [2.45, 2.75) is 0 Å². The van der Waals surface area contributed by atoms with E-state index in [2.05, 4.69) is 0 Å². The molecule has 0 aliphatic rings. The van der Waals surface area contributed by atoms with Crippen LogP contribution in [0, 0.1) is 0 Å². The van der Waals surface area contributed by atoms with Crippen molar-refractivity contribution in [1.29, 1.82) is 0 Å². The van der Waals surface area contributed by atoms with Crippen LogP contribution in [0.5, 0.6) is 0 Å². The highest BCUT2D eigenvalue weighted by Crippen LogP contribution is 1.97. The summed E-state index contributed by atoms with van der Waals surface area (Å²) in [5.41, 5.74) is 0.931. The van der Waals surface area contributed by atoms with Crippen LogP contribution in [-0.2, 0) is 7.05 Å². The zero-order valence-corrected chi connectivity index (χ0v) is 6.19. The third-order valence-corrected chi connectivity index (χ3v) is 1.77. The Hall–Kier alpha value is -1.51. The van der Waals surface area contributed by atoms with E-state index in [1.165, 1.54) is 0 Å². The van der Waals surface area contributed by atoms with Crippen LogP contribution in [0.2, 0.25) is 0 Å². The van der Waals surface area contributed by atoms with Crippen LogP contribution in [-0.4, -0.2) is 8.97 Å². The lowest BCUT2D eigenvalue weighted by Crippen LogP contribution is -2.09. The fourth-order valence-electron chi connectivity index (χ4n) is 1.17. The van der Waals surface area contributed by atoms with Crippen molar-refractivity contribution in [3.63, 3.8) is 0 Å². The number of pyridine rings is 1. The van der Waals surface area contributed by atoms with Gasteiger partial charge in [-0.25, -0.2) is 0 Å². The van der Waals surface area contributed by atoms with E-state index in [0.717, 1.165) is 5.65 Å². The number of aryl methyl sites for hydroxylation is 1. The number of nitrogens with zero attached hydrogens (tertiary/aromatic N) is 2. The van der Waals surface area contributed by atoms with Gasteiger partial charge in [0.2, 0.25) is 0 Å². The Morgan fingerprint density at radius 1 is 1.27 bits per heavy atom. The fraction of sp³-hybridized carbons (Fsp3) is 0.125. The standard InChI is InChI=1S/C8H8N2O/c1-9-5-6-10-7(9)3-2-4-8(10)11/h2-6H,1H3. The van der Waals surface area contributed by atoms with Gasteiger partial charge in [0.1, 0.15) is 5.65 Å². The molecule has 0 unspecified atom stereocenters. The summed E-state index contributed by atoms with van der Waals surface area (Å²) in [5.74, 6) is 0. The maximum atomic E-state index is 11.1. The van der Waals surface area contributed by atoms with Gasteiger partial charge < -0.3 is 4.57 Å². The van der Waals surface area contributed by atoms with E-state index in [9.17, 15) is 4.79 Å². The molecule has 0 bridgehead atoms. The molecule has 0 radical (unpaired) electrons. The van der Waals surface area contributed by atoms with E-state index in [0.29, 0.717) is 0 Å². The summed E-state index contributed by atoms with van der Waals surface area (Å²) in [5, 5.41) is 0. The van der Waals surface area contributed by atoms with Crippen molar-refractivity contribution in [1.82, 2.24) is 8.97 Å². The molecule has 0 aliphatic carbocycles. The van der Waals surface area contributed by atoms with E-state index in [-0.39, 0.29) is 5.56 Å². The predicted molar refractivity (Wildman–Crippen MR) is 42.6 cm³/mol. The Balaban J connectivity index is 3.06. The first-order valence-corrected chi connectivity index (χ1v) is 3.42. The second-order valence-electron chi connectivity index (χ2n) is 2.50. The van der Waals surface area contributed by atoms with E-state index in [1.807, 2.05) is 23.9 Å². The molecule has 3 heteroatoms. The topological polar surface area (TPSA) is 26.4 Å². The Kier molecular flexibility index (Phi) is 1.12. The van der Waals surface area contributed by atoms with Gasteiger partial charge in [0, 0.05) is 25.5 Å². The summed E-state index contributed by atoms with van der Waals surface area (Å²) >= 11 is 0. The molecule has 56 valence electrons. The second kappa shape index (κ2) is 1.99. The van der Waals surface area contributed by atoms with Crippen molar-refractivity contribution < 1.29 is 0 Å². The van der Waals surface area contributed by atoms with Gasteiger partial charge >= 0.3 is 0 Å². The van der Waals surface area contributed by atoms with E-state index in [4.69, 9.17) is 0 Å². The number of fused-ring (bicyclic) bond motifs is 1. The molecule has 0 fully saturated rings. The van der Waals surface area contributed by atoms with Gasteiger partial charge in [-0.15, -0.1) is 0 Å². The van der Waals surface area contributed by atoms with Crippen LogP contribution >= 0.6 is 0 Å². The lowest BCUT2D eigenvalue weighted by molar-refractivity contribution is 0.947. The van der Waals surface area contributed by atoms with Crippen molar-refractivity contribution in [3.8, 4) is 0 Å². The molecule has 0 saturated heterocycles. The van der Waals surface area contributed by atoms with Gasteiger partial charge in [0.15, 0.2) is 0 Å². The lowest BCUT2D eigenvalue weighted by atomic mass is 10.5. The highest BCUT2D eigenvalue weighted by molar-refractivity contribution is 5.38. The Bertz CT molecular complexity index is 439. The average Bonchev–Trinajstić information content (AvgIpc) is 2.35. The van der Waals surface area contributed by atoms with Crippen LogP contribution in [0.3, 0.4) is 0 Å². The monoisotopic (exact) mass is 148 g/mol. The molecular weight excluding hydrogens is 140 g/mol. The second-order valence-corrected chi connectivity index (χ2v) is 2.50. The van der Waals surface area contributed by atoms with Gasteiger partial charge in [0.05, 0.1) is 0 Å². The maximum absolute atomic E-state index is 11.1. The van der Waals surface area contributed by atoms with Crippen LogP contribution in [0.1, 0.15) is 0 Å². The number of aromatic nitrogens is 2. The molecule has 2 rings (SSSR count). The normalized spacial score (nSPS) is 10.6. The summed E-state index contributed by atoms with van der Waals surface area (Å²) in [4.78, 5) is 11.1. The molecule has 11 heavy (non-hydrogen) atoms. The van der Waals surface area contributed by atoms with Gasteiger partial charge in [-0.05, 0) is 6.07 Å². The average molecular weight is 148 g/mol. The number of hydrogen-bond donors (Lipinski definition) is 0. The molecule has 0 saturated carbocycles. The molecule has 0 aliphatic heterocycles. The van der Waals surface area contributed by atoms with Gasteiger partial charge in [-0.3, -0.25) is 9.20 Å². The van der Waals surface area contributed by atoms with Crippen molar-refractivity contribution in [2.24, 2.45) is 7.05 Å². The minimum atomic E-state index is 0.0168. The minimum Gasteiger partial charge on any atom is -0.336 e. The molecule has 2 heterocycles. The smallest absolute Gasteiger partial charge is 0.256 e. The maximum Gasteiger partial charge on any atom is 0.256 e. The molecular formula is C8H8N2O. The summed E-state index contributed by atoms with van der Waals surface area (Å²) in [6, 6.07) is 5.21. The SMILES string of the molecule is Cn1ccn2c(=O)cccc12. The largest absolute Gasteiger partial charge is 0.336 e. The Morgan fingerprint density at radius 3 is 2.82 bits per heavy atom. The Labute approximate surface area is 63.5 Å². The number of hydrogen-bond acceptors (Lipinski definition) is 1. The van der Waals surface area contributed by atoms with Crippen molar-refractivity contribution in [3.05, 3.63) is 40.9 Å². The quantitative estimate of drug-likeness (QED) is 0.538. The number of imidazole rings is 1. The van der Waals surface area contributed by atoms with Crippen molar-refractivity contribution in [2.75, 3.05) is 0 Å². The highest BCUT2D eigenvalue weighted by Gasteiger charge is 1.95. The highest BCUT2D eigenvalue weighted by atomic mass is 16.1. The van der Waals surface area contributed by atoms with Crippen LogP contribution in [0.4, 0.5) is 0 Å². The van der Waals surface area contributed by atoms with Crippen LogP contribution in [0.25, 0.3) is 5.65 Å². The lowest BCUT2D eigenvalue weighted by Gasteiger charge is -1.93. The van der Waals surface area contributed by atoms with Crippen LogP contribution < -0.4 is 5.56 Å². The molecule has 3 nitrogen and oxygen atoms in total. The van der Waals surface area contributed by atoms with E-state index in [1.54, 1.807) is 22.7 Å². The van der Waals surface area contributed by atoms with E-state index >= 15 is 0 Å². The third-order valence-electron chi connectivity index (χ3n) is 1.77. The molecule has 0 aromatic carbocycles. The zero-order valence-electron chi connectivity index (χ0n) is 6.19. The summed E-state index contributed by atoms with van der Waals surface area (Å²) in [6.45, 7) is 0. The fourth-order valence-corrected chi connectivity index (χ4v) is 1.17. The summed E-state index contributed by atoms with van der Waals surface area (Å²) in [6.07, 6.45) is 3.62. The molecule has 0 spiro atoms. The first kappa shape index (κ1) is 6.22. The summed E-state index contributed by atoms with van der Waals surface area (Å²) in [7, 11) is 1.91. The van der Waals surface area contributed by atoms with E-state index < -0.39 is 0 Å². The molecule has 0 atom stereocenters. The summed E-state index contributed by atoms with van der Waals surface area (Å²) < 4.78 is 3.52. The molecule has 0 amide bonds. The first-order chi connectivity index (χ1) is 5.29. The predicted octanol–water partition coefficient (Wildman–Crippen LogP) is 0.638.